The lowest BCUT2D eigenvalue weighted by Gasteiger charge is -2.00. The number of hydrogen-bond acceptors (Lipinski definition) is 3. The zero-order chi connectivity index (χ0) is 11.1. The Morgan fingerprint density at radius 2 is 2.06 bits per heavy atom. The van der Waals surface area contributed by atoms with E-state index in [4.69, 9.17) is 16.0 Å². The normalized spacial score (nSPS) is 11.1. The molecule has 0 N–H and O–H groups in total. The number of fused-ring (bicyclic) bond motifs is 2. The van der Waals surface area contributed by atoms with Crippen molar-refractivity contribution in [3.05, 3.63) is 51.8 Å². The molecule has 0 bridgehead atoms. The van der Waals surface area contributed by atoms with E-state index >= 15 is 0 Å². The Labute approximate surface area is 95.3 Å². The van der Waals surface area contributed by atoms with Gasteiger partial charge in [0.1, 0.15) is 5.58 Å². The largest absolute Gasteiger partial charge is 0.454 e. The van der Waals surface area contributed by atoms with Crippen molar-refractivity contribution < 1.29 is 4.42 Å². The van der Waals surface area contributed by atoms with Crippen molar-refractivity contribution in [3.63, 3.8) is 0 Å². The van der Waals surface area contributed by atoms with Gasteiger partial charge < -0.3 is 4.42 Å². The van der Waals surface area contributed by atoms with Crippen LogP contribution in [0.15, 0.2) is 45.7 Å². The molecule has 4 heteroatoms. The number of halogens is 1. The minimum atomic E-state index is -0.153. The van der Waals surface area contributed by atoms with Crippen LogP contribution in [0.5, 0.6) is 0 Å². The number of pyridine rings is 1. The van der Waals surface area contributed by atoms with Gasteiger partial charge in [0.2, 0.25) is 5.43 Å². The van der Waals surface area contributed by atoms with E-state index in [9.17, 15) is 4.79 Å². The van der Waals surface area contributed by atoms with Crippen LogP contribution in [0, 0.1) is 0 Å². The van der Waals surface area contributed by atoms with Crippen molar-refractivity contribution in [1.29, 1.82) is 0 Å². The SMILES string of the molecule is O=c1c2cc(Cl)ccc2oc2cccnc12. The smallest absolute Gasteiger partial charge is 0.218 e. The third-order valence-corrected chi connectivity index (χ3v) is 2.63. The molecule has 0 unspecified atom stereocenters. The molecule has 0 aliphatic rings. The van der Waals surface area contributed by atoms with Gasteiger partial charge in [0.25, 0.3) is 0 Å². The third kappa shape index (κ3) is 1.29. The Kier molecular flexibility index (Phi) is 1.94. The van der Waals surface area contributed by atoms with Crippen molar-refractivity contribution in [2.75, 3.05) is 0 Å². The lowest BCUT2D eigenvalue weighted by atomic mass is 10.2. The maximum atomic E-state index is 12.1. The fourth-order valence-electron chi connectivity index (χ4n) is 1.66. The monoisotopic (exact) mass is 231 g/mol. The van der Waals surface area contributed by atoms with Gasteiger partial charge in [0, 0.05) is 11.2 Å². The molecule has 2 heterocycles. The Hall–Kier alpha value is -1.87. The predicted octanol–water partition coefficient (Wildman–Crippen LogP) is 2.99. The summed E-state index contributed by atoms with van der Waals surface area (Å²) < 4.78 is 5.56. The summed E-state index contributed by atoms with van der Waals surface area (Å²) in [6, 6.07) is 8.42. The number of aromatic nitrogens is 1. The van der Waals surface area contributed by atoms with Crippen LogP contribution in [-0.2, 0) is 0 Å². The van der Waals surface area contributed by atoms with E-state index in [0.29, 0.717) is 27.1 Å². The molecule has 0 atom stereocenters. The lowest BCUT2D eigenvalue weighted by molar-refractivity contribution is 0.658. The molecule has 0 amide bonds. The second kappa shape index (κ2) is 3.32. The van der Waals surface area contributed by atoms with Crippen LogP contribution in [0.1, 0.15) is 0 Å². The topological polar surface area (TPSA) is 43.1 Å². The summed E-state index contributed by atoms with van der Waals surface area (Å²) in [4.78, 5) is 16.1. The van der Waals surface area contributed by atoms with Crippen LogP contribution < -0.4 is 5.43 Å². The molecule has 2 aromatic heterocycles. The third-order valence-electron chi connectivity index (χ3n) is 2.39. The minimum Gasteiger partial charge on any atom is -0.454 e. The molecule has 3 rings (SSSR count). The van der Waals surface area contributed by atoms with E-state index in [-0.39, 0.29) is 5.43 Å². The molecular formula is C12H6ClNO2. The highest BCUT2D eigenvalue weighted by molar-refractivity contribution is 6.31. The van der Waals surface area contributed by atoms with Crippen molar-refractivity contribution in [2.24, 2.45) is 0 Å². The van der Waals surface area contributed by atoms with Gasteiger partial charge in [-0.3, -0.25) is 4.79 Å². The second-order valence-corrected chi connectivity index (χ2v) is 3.86. The zero-order valence-corrected chi connectivity index (χ0v) is 8.86. The summed E-state index contributed by atoms with van der Waals surface area (Å²) >= 11 is 5.84. The first-order chi connectivity index (χ1) is 7.75. The maximum absolute atomic E-state index is 12.1. The standard InChI is InChI=1S/C12H6ClNO2/c13-7-3-4-9-8(6-7)12(15)11-10(16-9)2-1-5-14-11/h1-6H. The fourth-order valence-corrected chi connectivity index (χ4v) is 1.83. The number of benzene rings is 1. The average Bonchev–Trinajstić information content (AvgIpc) is 2.31. The summed E-state index contributed by atoms with van der Waals surface area (Å²) in [6.07, 6.45) is 1.57. The van der Waals surface area contributed by atoms with Gasteiger partial charge in [-0.1, -0.05) is 11.6 Å². The summed E-state index contributed by atoms with van der Waals surface area (Å²) in [7, 11) is 0. The van der Waals surface area contributed by atoms with Gasteiger partial charge in [0.15, 0.2) is 11.1 Å². The molecule has 3 aromatic rings. The zero-order valence-electron chi connectivity index (χ0n) is 8.11. The molecule has 0 aliphatic carbocycles. The Balaban J connectivity index is 2.61. The highest BCUT2D eigenvalue weighted by Crippen LogP contribution is 2.20. The molecule has 78 valence electrons. The van der Waals surface area contributed by atoms with E-state index in [2.05, 4.69) is 4.98 Å². The second-order valence-electron chi connectivity index (χ2n) is 3.42. The van der Waals surface area contributed by atoms with Crippen molar-refractivity contribution in [3.8, 4) is 0 Å². The molecule has 1 aromatic carbocycles. The molecular weight excluding hydrogens is 226 g/mol. The summed E-state index contributed by atoms with van der Waals surface area (Å²) in [6.45, 7) is 0. The van der Waals surface area contributed by atoms with Gasteiger partial charge in [0.05, 0.1) is 5.39 Å². The van der Waals surface area contributed by atoms with Crippen molar-refractivity contribution >= 4 is 33.7 Å². The van der Waals surface area contributed by atoms with E-state index in [1.165, 1.54) is 0 Å². The van der Waals surface area contributed by atoms with Crippen LogP contribution in [0.25, 0.3) is 22.1 Å². The van der Waals surface area contributed by atoms with Crippen LogP contribution in [0.4, 0.5) is 0 Å². The van der Waals surface area contributed by atoms with E-state index in [1.54, 1.807) is 36.5 Å². The van der Waals surface area contributed by atoms with Crippen LogP contribution in [-0.4, -0.2) is 4.98 Å². The molecule has 0 aliphatic heterocycles. The van der Waals surface area contributed by atoms with Crippen molar-refractivity contribution in [1.82, 2.24) is 4.98 Å². The van der Waals surface area contributed by atoms with Crippen molar-refractivity contribution in [2.45, 2.75) is 0 Å². The van der Waals surface area contributed by atoms with Gasteiger partial charge in [-0.05, 0) is 30.3 Å². The molecule has 0 radical (unpaired) electrons. The highest BCUT2D eigenvalue weighted by Gasteiger charge is 2.07. The minimum absolute atomic E-state index is 0.153. The number of rotatable bonds is 0. The predicted molar refractivity (Wildman–Crippen MR) is 62.8 cm³/mol. The maximum Gasteiger partial charge on any atom is 0.218 e. The number of nitrogens with zero attached hydrogens (tertiary/aromatic N) is 1. The van der Waals surface area contributed by atoms with Gasteiger partial charge in [-0.15, -0.1) is 0 Å². The van der Waals surface area contributed by atoms with E-state index < -0.39 is 0 Å². The molecule has 0 saturated heterocycles. The Morgan fingerprint density at radius 3 is 2.94 bits per heavy atom. The molecule has 3 nitrogen and oxygen atoms in total. The molecule has 16 heavy (non-hydrogen) atoms. The fraction of sp³-hybridized carbons (Fsp3) is 0. The summed E-state index contributed by atoms with van der Waals surface area (Å²) in [5, 5.41) is 0.966. The number of hydrogen-bond donors (Lipinski definition) is 0. The first kappa shape index (κ1) is 9.36. The summed E-state index contributed by atoms with van der Waals surface area (Å²) in [5.74, 6) is 0. The van der Waals surface area contributed by atoms with E-state index in [1.807, 2.05) is 0 Å². The van der Waals surface area contributed by atoms with Crippen LogP contribution >= 0.6 is 11.6 Å². The molecule has 0 spiro atoms. The Bertz CT molecular complexity index is 749. The first-order valence-electron chi connectivity index (χ1n) is 4.73. The average molecular weight is 232 g/mol. The summed E-state index contributed by atoms with van der Waals surface area (Å²) in [5.41, 5.74) is 1.19. The van der Waals surface area contributed by atoms with Gasteiger partial charge in [-0.2, -0.15) is 0 Å². The molecule has 0 saturated carbocycles. The highest BCUT2D eigenvalue weighted by atomic mass is 35.5. The van der Waals surface area contributed by atoms with Gasteiger partial charge >= 0.3 is 0 Å². The molecule has 0 fully saturated rings. The Morgan fingerprint density at radius 1 is 1.19 bits per heavy atom. The van der Waals surface area contributed by atoms with Gasteiger partial charge in [-0.25, -0.2) is 4.98 Å². The lowest BCUT2D eigenvalue weighted by Crippen LogP contribution is -2.03. The quantitative estimate of drug-likeness (QED) is 0.559. The first-order valence-corrected chi connectivity index (χ1v) is 5.10. The van der Waals surface area contributed by atoms with Crippen LogP contribution in [0.2, 0.25) is 5.02 Å². The van der Waals surface area contributed by atoms with E-state index in [0.717, 1.165) is 0 Å². The van der Waals surface area contributed by atoms with Crippen LogP contribution in [0.3, 0.4) is 0 Å².